The van der Waals surface area contributed by atoms with Gasteiger partial charge in [-0.2, -0.15) is 0 Å². The summed E-state index contributed by atoms with van der Waals surface area (Å²) in [6.07, 6.45) is 3.51. The number of aromatic nitrogens is 1. The molecule has 0 spiro atoms. The fourth-order valence-electron chi connectivity index (χ4n) is 1.02. The molecule has 0 fully saturated rings. The third-order valence-corrected chi connectivity index (χ3v) is 2.30. The van der Waals surface area contributed by atoms with E-state index in [2.05, 4.69) is 26.2 Å². The number of rotatable bonds is 4. The van der Waals surface area contributed by atoms with Gasteiger partial charge in [0.1, 0.15) is 0 Å². The van der Waals surface area contributed by atoms with E-state index in [1.165, 1.54) is 0 Å². The number of carbonyl (C=O) groups excluding carboxylic acids is 1. The van der Waals surface area contributed by atoms with Crippen LogP contribution in [0.4, 0.5) is 0 Å². The number of halogens is 1. The van der Waals surface area contributed by atoms with E-state index < -0.39 is 0 Å². The molecule has 0 aromatic carbocycles. The SMILES string of the molecule is CN(C)C(=O)CNCc1cncc(Br)c1. The predicted octanol–water partition coefficient (Wildman–Crippen LogP) is 1.02. The Morgan fingerprint density at radius 3 is 2.87 bits per heavy atom. The summed E-state index contributed by atoms with van der Waals surface area (Å²) in [5, 5.41) is 3.06. The van der Waals surface area contributed by atoms with Crippen LogP contribution >= 0.6 is 15.9 Å². The molecule has 1 rings (SSSR count). The molecule has 82 valence electrons. The normalized spacial score (nSPS) is 10.1. The zero-order valence-electron chi connectivity index (χ0n) is 8.83. The maximum absolute atomic E-state index is 11.2. The molecule has 0 bridgehead atoms. The first-order valence-electron chi connectivity index (χ1n) is 4.60. The van der Waals surface area contributed by atoms with Crippen LogP contribution in [0.2, 0.25) is 0 Å². The van der Waals surface area contributed by atoms with Gasteiger partial charge in [-0.3, -0.25) is 9.78 Å². The second-order valence-electron chi connectivity index (χ2n) is 3.40. The van der Waals surface area contributed by atoms with E-state index in [-0.39, 0.29) is 5.91 Å². The van der Waals surface area contributed by atoms with Crippen molar-refractivity contribution in [3.63, 3.8) is 0 Å². The van der Waals surface area contributed by atoms with E-state index in [1.807, 2.05) is 6.07 Å². The van der Waals surface area contributed by atoms with Crippen molar-refractivity contribution in [2.24, 2.45) is 0 Å². The number of hydrogen-bond donors (Lipinski definition) is 1. The van der Waals surface area contributed by atoms with Gasteiger partial charge in [-0.05, 0) is 27.6 Å². The molecule has 1 aromatic heterocycles. The predicted molar refractivity (Wildman–Crippen MR) is 62.3 cm³/mol. The Hall–Kier alpha value is -0.940. The van der Waals surface area contributed by atoms with Crippen molar-refractivity contribution < 1.29 is 4.79 Å². The molecule has 5 heteroatoms. The van der Waals surface area contributed by atoms with Crippen molar-refractivity contribution >= 4 is 21.8 Å². The average molecular weight is 272 g/mol. The molecular weight excluding hydrogens is 258 g/mol. The van der Waals surface area contributed by atoms with E-state index in [9.17, 15) is 4.79 Å². The molecule has 0 aliphatic carbocycles. The molecule has 15 heavy (non-hydrogen) atoms. The Morgan fingerprint density at radius 2 is 2.27 bits per heavy atom. The summed E-state index contributed by atoms with van der Waals surface area (Å²) in [7, 11) is 3.48. The summed E-state index contributed by atoms with van der Waals surface area (Å²) in [4.78, 5) is 16.8. The minimum absolute atomic E-state index is 0.0676. The fourth-order valence-corrected chi connectivity index (χ4v) is 1.44. The summed E-state index contributed by atoms with van der Waals surface area (Å²) < 4.78 is 0.945. The lowest BCUT2D eigenvalue weighted by Crippen LogP contribution is -2.32. The maximum atomic E-state index is 11.2. The number of nitrogens with one attached hydrogen (secondary N) is 1. The molecule has 0 radical (unpaired) electrons. The van der Waals surface area contributed by atoms with Crippen molar-refractivity contribution in [1.82, 2.24) is 15.2 Å². The summed E-state index contributed by atoms with van der Waals surface area (Å²) in [5.74, 6) is 0.0676. The van der Waals surface area contributed by atoms with Crippen molar-refractivity contribution in [3.05, 3.63) is 28.5 Å². The van der Waals surface area contributed by atoms with Crippen LogP contribution in [0.15, 0.2) is 22.9 Å². The van der Waals surface area contributed by atoms with Gasteiger partial charge in [-0.15, -0.1) is 0 Å². The van der Waals surface area contributed by atoms with Gasteiger partial charge >= 0.3 is 0 Å². The molecule has 0 saturated carbocycles. The second kappa shape index (κ2) is 5.82. The molecule has 0 atom stereocenters. The minimum atomic E-state index is 0.0676. The molecule has 1 N–H and O–H groups in total. The summed E-state index contributed by atoms with van der Waals surface area (Å²) in [6, 6.07) is 1.97. The first-order valence-corrected chi connectivity index (χ1v) is 5.39. The molecule has 0 aliphatic heterocycles. The topological polar surface area (TPSA) is 45.2 Å². The van der Waals surface area contributed by atoms with Crippen LogP contribution in [0.3, 0.4) is 0 Å². The van der Waals surface area contributed by atoms with E-state index in [4.69, 9.17) is 0 Å². The lowest BCUT2D eigenvalue weighted by molar-refractivity contribution is -0.127. The number of hydrogen-bond acceptors (Lipinski definition) is 3. The minimum Gasteiger partial charge on any atom is -0.348 e. The van der Waals surface area contributed by atoms with Crippen LogP contribution in [-0.2, 0) is 11.3 Å². The molecule has 0 saturated heterocycles. The van der Waals surface area contributed by atoms with Crippen LogP contribution in [-0.4, -0.2) is 36.4 Å². The van der Waals surface area contributed by atoms with Gasteiger partial charge < -0.3 is 10.2 Å². The fraction of sp³-hybridized carbons (Fsp3) is 0.400. The highest BCUT2D eigenvalue weighted by Gasteiger charge is 2.02. The molecule has 0 unspecified atom stereocenters. The number of nitrogens with zero attached hydrogens (tertiary/aromatic N) is 2. The van der Waals surface area contributed by atoms with Gasteiger partial charge in [-0.1, -0.05) is 0 Å². The Labute approximate surface area is 97.8 Å². The number of carbonyl (C=O) groups is 1. The van der Waals surface area contributed by atoms with Crippen molar-refractivity contribution in [3.8, 4) is 0 Å². The molecule has 0 aliphatic rings. The largest absolute Gasteiger partial charge is 0.348 e. The number of amides is 1. The first-order chi connectivity index (χ1) is 7.09. The average Bonchev–Trinajstić information content (AvgIpc) is 2.17. The highest BCUT2D eigenvalue weighted by molar-refractivity contribution is 9.10. The zero-order valence-corrected chi connectivity index (χ0v) is 10.4. The summed E-state index contributed by atoms with van der Waals surface area (Å²) in [5.41, 5.74) is 1.05. The third kappa shape index (κ3) is 4.40. The monoisotopic (exact) mass is 271 g/mol. The standard InChI is InChI=1S/C10H14BrN3O/c1-14(2)10(15)7-13-5-8-3-9(11)6-12-4-8/h3-4,6,13H,5,7H2,1-2H3. The number of likely N-dealkylation sites (N-methyl/N-ethyl adjacent to an activating group) is 1. The Morgan fingerprint density at radius 1 is 1.53 bits per heavy atom. The van der Waals surface area contributed by atoms with E-state index in [0.717, 1.165) is 10.0 Å². The van der Waals surface area contributed by atoms with Gasteiger partial charge in [0.15, 0.2) is 0 Å². The quantitative estimate of drug-likeness (QED) is 0.890. The second-order valence-corrected chi connectivity index (χ2v) is 4.32. The van der Waals surface area contributed by atoms with Crippen LogP contribution in [0.5, 0.6) is 0 Å². The zero-order chi connectivity index (χ0) is 11.3. The lowest BCUT2D eigenvalue weighted by atomic mass is 10.3. The number of pyridine rings is 1. The summed E-state index contributed by atoms with van der Waals surface area (Å²) >= 11 is 3.34. The van der Waals surface area contributed by atoms with E-state index >= 15 is 0 Å². The van der Waals surface area contributed by atoms with Crippen LogP contribution in [0.1, 0.15) is 5.56 Å². The molecular formula is C10H14BrN3O. The first kappa shape index (κ1) is 12.1. The van der Waals surface area contributed by atoms with Crippen molar-refractivity contribution in [2.75, 3.05) is 20.6 Å². The lowest BCUT2D eigenvalue weighted by Gasteiger charge is -2.10. The highest BCUT2D eigenvalue weighted by Crippen LogP contribution is 2.08. The highest BCUT2D eigenvalue weighted by atomic mass is 79.9. The van der Waals surface area contributed by atoms with Gasteiger partial charge in [0.25, 0.3) is 0 Å². The summed E-state index contributed by atoms with van der Waals surface area (Å²) in [6.45, 7) is 0.992. The molecule has 1 heterocycles. The van der Waals surface area contributed by atoms with Gasteiger partial charge in [0.05, 0.1) is 6.54 Å². The van der Waals surface area contributed by atoms with Crippen molar-refractivity contribution in [2.45, 2.75) is 6.54 Å². The third-order valence-electron chi connectivity index (χ3n) is 1.87. The van der Waals surface area contributed by atoms with Crippen LogP contribution in [0, 0.1) is 0 Å². The van der Waals surface area contributed by atoms with Crippen LogP contribution < -0.4 is 5.32 Å². The smallest absolute Gasteiger partial charge is 0.236 e. The van der Waals surface area contributed by atoms with Gasteiger partial charge in [0, 0.05) is 37.5 Å². The Kier molecular flexibility index (Phi) is 4.71. The van der Waals surface area contributed by atoms with Gasteiger partial charge in [0.2, 0.25) is 5.91 Å². The van der Waals surface area contributed by atoms with E-state index in [1.54, 1.807) is 31.4 Å². The maximum Gasteiger partial charge on any atom is 0.236 e. The van der Waals surface area contributed by atoms with Gasteiger partial charge in [-0.25, -0.2) is 0 Å². The molecule has 1 amide bonds. The molecule has 1 aromatic rings. The Bertz CT molecular complexity index is 341. The van der Waals surface area contributed by atoms with Crippen molar-refractivity contribution in [1.29, 1.82) is 0 Å². The van der Waals surface area contributed by atoms with E-state index in [0.29, 0.717) is 13.1 Å². The van der Waals surface area contributed by atoms with Crippen LogP contribution in [0.25, 0.3) is 0 Å². The molecule has 4 nitrogen and oxygen atoms in total. The Balaban J connectivity index is 2.35.